The van der Waals surface area contributed by atoms with Crippen molar-refractivity contribution in [2.75, 3.05) is 19.7 Å². The fourth-order valence-corrected chi connectivity index (χ4v) is 3.15. The molecule has 0 unspecified atom stereocenters. The van der Waals surface area contributed by atoms with Crippen LogP contribution in [0.4, 0.5) is 8.78 Å². The Bertz CT molecular complexity index is 214. The zero-order chi connectivity index (χ0) is 9.53. The van der Waals surface area contributed by atoms with Crippen LogP contribution >= 0.6 is 23.0 Å². The zero-order valence-electron chi connectivity index (χ0n) is 7.23. The Morgan fingerprint density at radius 1 is 1.46 bits per heavy atom. The van der Waals surface area contributed by atoms with E-state index in [9.17, 15) is 8.78 Å². The lowest BCUT2D eigenvalue weighted by atomic mass is 9.94. The molecule has 0 aromatic carbocycles. The summed E-state index contributed by atoms with van der Waals surface area (Å²) in [5.74, 6) is -2.50. The number of rotatable bonds is 2. The lowest BCUT2D eigenvalue weighted by Crippen LogP contribution is -2.41. The molecule has 0 spiro atoms. The van der Waals surface area contributed by atoms with Crippen molar-refractivity contribution in [1.29, 1.82) is 0 Å². The first kappa shape index (κ1) is 10.0. The number of hydrogen-bond acceptors (Lipinski definition) is 2. The van der Waals surface area contributed by atoms with Crippen molar-refractivity contribution in [3.63, 3.8) is 0 Å². The van der Waals surface area contributed by atoms with E-state index in [1.54, 1.807) is 23.0 Å². The van der Waals surface area contributed by atoms with Gasteiger partial charge >= 0.3 is 0 Å². The summed E-state index contributed by atoms with van der Waals surface area (Å²) in [7, 11) is 0. The molecule has 0 aromatic rings. The van der Waals surface area contributed by atoms with E-state index in [4.69, 9.17) is 3.07 Å². The van der Waals surface area contributed by atoms with Gasteiger partial charge in [0.25, 0.3) is 5.92 Å². The van der Waals surface area contributed by atoms with Gasteiger partial charge in [0, 0.05) is 6.42 Å². The van der Waals surface area contributed by atoms with Gasteiger partial charge in [-0.1, -0.05) is 0 Å². The highest BCUT2D eigenvalue weighted by atomic mass is 127. The van der Waals surface area contributed by atoms with Gasteiger partial charge in [0.15, 0.2) is 0 Å². The van der Waals surface area contributed by atoms with Crippen LogP contribution in [0.15, 0.2) is 0 Å². The third-order valence-electron chi connectivity index (χ3n) is 3.07. The van der Waals surface area contributed by atoms with Crippen LogP contribution in [0.1, 0.15) is 19.3 Å². The Morgan fingerprint density at radius 3 is 2.92 bits per heavy atom. The van der Waals surface area contributed by atoms with Gasteiger partial charge in [-0.15, -0.1) is 0 Å². The number of nitrogens with zero attached hydrogens (tertiary/aromatic N) is 1. The lowest BCUT2D eigenvalue weighted by Gasteiger charge is -2.29. The molecule has 2 fully saturated rings. The molecule has 0 amide bonds. The predicted molar refractivity (Wildman–Crippen MR) is 53.1 cm³/mol. The van der Waals surface area contributed by atoms with E-state index < -0.39 is 5.92 Å². The quantitative estimate of drug-likeness (QED) is 0.725. The zero-order valence-corrected chi connectivity index (χ0v) is 9.39. The van der Waals surface area contributed by atoms with Crippen LogP contribution in [-0.2, 0) is 3.07 Å². The first-order valence-electron chi connectivity index (χ1n) is 4.44. The molecule has 0 radical (unpaired) electrons. The average Bonchev–Trinajstić information content (AvgIpc) is 2.40. The predicted octanol–water partition coefficient (Wildman–Crippen LogP) is 2.23. The molecule has 5 heteroatoms. The van der Waals surface area contributed by atoms with Crippen LogP contribution in [0.25, 0.3) is 0 Å². The molecule has 2 aliphatic rings. The van der Waals surface area contributed by atoms with E-state index in [1.165, 1.54) is 0 Å². The second kappa shape index (κ2) is 3.27. The molecule has 2 heterocycles. The smallest absolute Gasteiger partial charge is 0.262 e. The molecule has 2 aliphatic heterocycles. The number of halogens is 3. The Balaban J connectivity index is 2.15. The van der Waals surface area contributed by atoms with Crippen LogP contribution in [0.3, 0.4) is 0 Å². The fraction of sp³-hybridized carbons (Fsp3) is 1.00. The Kier molecular flexibility index (Phi) is 2.53. The molecule has 1 atom stereocenters. The molecule has 2 rings (SSSR count). The van der Waals surface area contributed by atoms with Crippen molar-refractivity contribution < 1.29 is 11.8 Å². The van der Waals surface area contributed by atoms with Gasteiger partial charge in [0.05, 0.1) is 18.7 Å². The first-order chi connectivity index (χ1) is 6.08. The van der Waals surface area contributed by atoms with E-state index in [0.717, 1.165) is 19.4 Å². The van der Waals surface area contributed by atoms with Crippen molar-refractivity contribution in [2.24, 2.45) is 0 Å². The molecule has 2 saturated heterocycles. The highest BCUT2D eigenvalue weighted by Crippen LogP contribution is 2.46. The molecule has 2 nitrogen and oxygen atoms in total. The van der Waals surface area contributed by atoms with E-state index in [-0.39, 0.29) is 18.5 Å². The third-order valence-corrected chi connectivity index (χ3v) is 3.39. The number of hydrogen-bond donors (Lipinski definition) is 0. The van der Waals surface area contributed by atoms with Crippen molar-refractivity contribution in [1.82, 2.24) is 4.90 Å². The molecular weight excluding hydrogens is 291 g/mol. The van der Waals surface area contributed by atoms with Gasteiger partial charge < -0.3 is 3.07 Å². The Labute approximate surface area is 90.3 Å². The lowest BCUT2D eigenvalue weighted by molar-refractivity contribution is 0.00870. The maximum Gasteiger partial charge on any atom is 0.262 e. The largest absolute Gasteiger partial charge is 0.314 e. The maximum absolute atomic E-state index is 13.1. The summed E-state index contributed by atoms with van der Waals surface area (Å²) < 4.78 is 31.3. The van der Waals surface area contributed by atoms with Gasteiger partial charge in [-0.2, -0.15) is 0 Å². The van der Waals surface area contributed by atoms with Crippen LogP contribution in [0.5, 0.6) is 0 Å². The summed E-state index contributed by atoms with van der Waals surface area (Å²) in [5, 5.41) is 0. The summed E-state index contributed by atoms with van der Waals surface area (Å²) in [6, 6.07) is 0. The van der Waals surface area contributed by atoms with Gasteiger partial charge in [0.2, 0.25) is 0 Å². The highest BCUT2D eigenvalue weighted by Gasteiger charge is 2.56. The van der Waals surface area contributed by atoms with Crippen molar-refractivity contribution in [3.8, 4) is 0 Å². The molecule has 0 aliphatic carbocycles. The van der Waals surface area contributed by atoms with Crippen molar-refractivity contribution in [3.05, 3.63) is 0 Å². The van der Waals surface area contributed by atoms with Crippen LogP contribution in [0.2, 0.25) is 0 Å². The second-order valence-corrected chi connectivity index (χ2v) is 4.66. The van der Waals surface area contributed by atoms with Crippen LogP contribution in [0, 0.1) is 0 Å². The fourth-order valence-electron chi connectivity index (χ4n) is 2.57. The molecule has 76 valence electrons. The van der Waals surface area contributed by atoms with E-state index in [2.05, 4.69) is 0 Å². The number of fused-ring (bicyclic) bond motifs is 1. The molecular formula is C8H12F2INO. The minimum Gasteiger partial charge on any atom is -0.314 e. The summed E-state index contributed by atoms with van der Waals surface area (Å²) >= 11 is 1.79. The Morgan fingerprint density at radius 2 is 2.23 bits per heavy atom. The minimum atomic E-state index is -2.50. The minimum absolute atomic E-state index is 0.0248. The summed E-state index contributed by atoms with van der Waals surface area (Å²) in [6.07, 6.45) is 1.85. The van der Waals surface area contributed by atoms with Crippen LogP contribution < -0.4 is 0 Å². The van der Waals surface area contributed by atoms with E-state index >= 15 is 0 Å². The third kappa shape index (κ3) is 1.70. The average molecular weight is 303 g/mol. The van der Waals surface area contributed by atoms with Gasteiger partial charge in [-0.3, -0.25) is 4.90 Å². The molecule has 0 N–H and O–H groups in total. The van der Waals surface area contributed by atoms with Crippen LogP contribution in [-0.4, -0.2) is 36.1 Å². The molecule has 0 bridgehead atoms. The normalized spacial score (nSPS) is 38.1. The van der Waals surface area contributed by atoms with Gasteiger partial charge in [-0.25, -0.2) is 8.78 Å². The van der Waals surface area contributed by atoms with Crippen molar-refractivity contribution >= 4 is 23.0 Å². The van der Waals surface area contributed by atoms with Crippen molar-refractivity contribution in [2.45, 2.75) is 30.7 Å². The summed E-state index contributed by atoms with van der Waals surface area (Å²) in [6.45, 7) is 1.16. The standard InChI is InChI=1S/C8H12F2INO/c9-8(10)4-7(6-13-11)2-1-3-12(7)5-8/h1-6H2/t7-/m1/s1. The van der Waals surface area contributed by atoms with E-state index in [0.29, 0.717) is 6.61 Å². The maximum atomic E-state index is 13.1. The molecule has 0 aromatic heterocycles. The van der Waals surface area contributed by atoms with Gasteiger partial charge in [-0.05, 0) is 19.4 Å². The topological polar surface area (TPSA) is 12.5 Å². The van der Waals surface area contributed by atoms with Gasteiger partial charge in [0.1, 0.15) is 23.0 Å². The second-order valence-electron chi connectivity index (χ2n) is 4.04. The number of alkyl halides is 2. The first-order valence-corrected chi connectivity index (χ1v) is 5.33. The Hall–Kier alpha value is 0.510. The monoisotopic (exact) mass is 303 g/mol. The molecule has 0 saturated carbocycles. The highest BCUT2D eigenvalue weighted by molar-refractivity contribution is 14.1. The van der Waals surface area contributed by atoms with E-state index in [1.807, 2.05) is 4.90 Å². The summed E-state index contributed by atoms with van der Waals surface area (Å²) in [5.41, 5.74) is -0.356. The SMILES string of the molecule is FC1(F)CN2CCC[C@]2(COI)C1. The summed E-state index contributed by atoms with van der Waals surface area (Å²) in [4.78, 5) is 1.89. The molecule has 13 heavy (non-hydrogen) atoms.